The molecule has 0 spiro atoms. The van der Waals surface area contributed by atoms with Crippen molar-refractivity contribution in [1.82, 2.24) is 0 Å². The molecule has 1 nitrogen and oxygen atoms in total. The SMILES string of the molecule is O=C(c1cc(F)cc(Cl)c1)c1cc(F)c(F)cc1F. The van der Waals surface area contributed by atoms with Crippen molar-refractivity contribution in [3.63, 3.8) is 0 Å². The van der Waals surface area contributed by atoms with E-state index in [1.54, 1.807) is 0 Å². The van der Waals surface area contributed by atoms with Gasteiger partial charge in [0.25, 0.3) is 0 Å². The molecule has 2 aromatic carbocycles. The smallest absolute Gasteiger partial charge is 0.196 e. The molecule has 0 heterocycles. The van der Waals surface area contributed by atoms with Gasteiger partial charge in [0.2, 0.25) is 0 Å². The highest BCUT2D eigenvalue weighted by atomic mass is 35.5. The van der Waals surface area contributed by atoms with Gasteiger partial charge in [0, 0.05) is 16.7 Å². The molecule has 0 aliphatic rings. The summed E-state index contributed by atoms with van der Waals surface area (Å²) in [4.78, 5) is 11.9. The second-order valence-corrected chi connectivity index (χ2v) is 4.17. The zero-order valence-electron chi connectivity index (χ0n) is 9.18. The fourth-order valence-corrected chi connectivity index (χ4v) is 1.76. The monoisotopic (exact) mass is 288 g/mol. The molecule has 0 aliphatic carbocycles. The Balaban J connectivity index is 2.53. The summed E-state index contributed by atoms with van der Waals surface area (Å²) in [7, 11) is 0. The lowest BCUT2D eigenvalue weighted by molar-refractivity contribution is 0.103. The van der Waals surface area contributed by atoms with Gasteiger partial charge >= 0.3 is 0 Å². The van der Waals surface area contributed by atoms with Crippen LogP contribution in [-0.2, 0) is 0 Å². The molecular weight excluding hydrogens is 284 g/mol. The Labute approximate surface area is 110 Å². The van der Waals surface area contributed by atoms with E-state index in [2.05, 4.69) is 0 Å². The molecule has 0 radical (unpaired) electrons. The number of benzene rings is 2. The van der Waals surface area contributed by atoms with Crippen molar-refractivity contribution in [3.05, 3.63) is 69.8 Å². The van der Waals surface area contributed by atoms with Crippen LogP contribution < -0.4 is 0 Å². The minimum atomic E-state index is -1.41. The average Bonchev–Trinajstić information content (AvgIpc) is 2.31. The lowest BCUT2D eigenvalue weighted by Crippen LogP contribution is -2.06. The molecule has 0 N–H and O–H groups in total. The fourth-order valence-electron chi connectivity index (χ4n) is 1.54. The van der Waals surface area contributed by atoms with E-state index < -0.39 is 34.6 Å². The summed E-state index contributed by atoms with van der Waals surface area (Å²) in [6.07, 6.45) is 0. The number of hydrogen-bond acceptors (Lipinski definition) is 1. The van der Waals surface area contributed by atoms with Crippen molar-refractivity contribution >= 4 is 17.4 Å². The quantitative estimate of drug-likeness (QED) is 0.461. The summed E-state index contributed by atoms with van der Waals surface area (Å²) in [5.74, 6) is -5.79. The zero-order valence-corrected chi connectivity index (χ0v) is 9.94. The maximum atomic E-state index is 13.4. The highest BCUT2D eigenvalue weighted by molar-refractivity contribution is 6.31. The highest BCUT2D eigenvalue weighted by Gasteiger charge is 2.18. The first-order valence-electron chi connectivity index (χ1n) is 5.04. The van der Waals surface area contributed by atoms with Gasteiger partial charge in [-0.1, -0.05) is 11.6 Å². The van der Waals surface area contributed by atoms with Crippen molar-refractivity contribution in [1.29, 1.82) is 0 Å². The minimum absolute atomic E-state index is 0.0636. The number of carbonyl (C=O) groups excluding carboxylic acids is 1. The molecule has 2 rings (SSSR count). The van der Waals surface area contributed by atoms with E-state index in [0.717, 1.165) is 18.2 Å². The fraction of sp³-hybridized carbons (Fsp3) is 0. The maximum absolute atomic E-state index is 13.4. The molecule has 0 atom stereocenters. The van der Waals surface area contributed by atoms with E-state index in [1.165, 1.54) is 0 Å². The van der Waals surface area contributed by atoms with Gasteiger partial charge in [0.1, 0.15) is 11.6 Å². The third-order valence-corrected chi connectivity index (χ3v) is 2.60. The first-order valence-corrected chi connectivity index (χ1v) is 5.41. The van der Waals surface area contributed by atoms with Gasteiger partial charge in [-0.15, -0.1) is 0 Å². The van der Waals surface area contributed by atoms with Crippen LogP contribution >= 0.6 is 11.6 Å². The van der Waals surface area contributed by atoms with Gasteiger partial charge in [-0.05, 0) is 24.3 Å². The van der Waals surface area contributed by atoms with Crippen LogP contribution in [-0.4, -0.2) is 5.78 Å². The number of hydrogen-bond donors (Lipinski definition) is 0. The Hall–Kier alpha value is -1.88. The van der Waals surface area contributed by atoms with E-state index in [9.17, 15) is 22.4 Å². The molecule has 0 unspecified atom stereocenters. The molecule has 0 aliphatic heterocycles. The van der Waals surface area contributed by atoms with Crippen LogP contribution in [0.25, 0.3) is 0 Å². The van der Waals surface area contributed by atoms with Crippen molar-refractivity contribution < 1.29 is 22.4 Å². The molecule has 6 heteroatoms. The van der Waals surface area contributed by atoms with Crippen LogP contribution in [0.3, 0.4) is 0 Å². The third-order valence-electron chi connectivity index (χ3n) is 2.38. The molecule has 2 aromatic rings. The Morgan fingerprint density at radius 2 is 1.47 bits per heavy atom. The van der Waals surface area contributed by atoms with Gasteiger partial charge in [-0.3, -0.25) is 4.79 Å². The number of carbonyl (C=O) groups is 1. The van der Waals surface area contributed by atoms with Gasteiger partial charge < -0.3 is 0 Å². The summed E-state index contributed by atoms with van der Waals surface area (Å²) in [5, 5.41) is -0.0636. The number of rotatable bonds is 2. The van der Waals surface area contributed by atoms with Crippen LogP contribution in [0.5, 0.6) is 0 Å². The largest absolute Gasteiger partial charge is 0.288 e. The molecule has 0 bridgehead atoms. The first kappa shape index (κ1) is 13.5. The lowest BCUT2D eigenvalue weighted by atomic mass is 10.0. The second-order valence-electron chi connectivity index (χ2n) is 3.73. The van der Waals surface area contributed by atoms with Crippen LogP contribution in [0.15, 0.2) is 30.3 Å². The summed E-state index contributed by atoms with van der Waals surface area (Å²) < 4.78 is 52.2. The van der Waals surface area contributed by atoms with Crippen molar-refractivity contribution in [2.45, 2.75) is 0 Å². The lowest BCUT2D eigenvalue weighted by Gasteiger charge is -2.04. The number of ketones is 1. The molecule has 0 saturated heterocycles. The van der Waals surface area contributed by atoms with Gasteiger partial charge in [0.15, 0.2) is 17.4 Å². The first-order chi connectivity index (χ1) is 8.88. The van der Waals surface area contributed by atoms with E-state index in [-0.39, 0.29) is 16.7 Å². The third kappa shape index (κ3) is 2.76. The van der Waals surface area contributed by atoms with E-state index in [4.69, 9.17) is 11.6 Å². The van der Waals surface area contributed by atoms with Crippen LogP contribution in [0.2, 0.25) is 5.02 Å². The van der Waals surface area contributed by atoms with Gasteiger partial charge in [0.05, 0.1) is 5.56 Å². The Kier molecular flexibility index (Phi) is 3.57. The molecule has 19 heavy (non-hydrogen) atoms. The average molecular weight is 289 g/mol. The Morgan fingerprint density at radius 1 is 0.842 bits per heavy atom. The van der Waals surface area contributed by atoms with Gasteiger partial charge in [-0.25, -0.2) is 17.6 Å². The van der Waals surface area contributed by atoms with Crippen LogP contribution in [0.4, 0.5) is 17.6 Å². The predicted molar refractivity (Wildman–Crippen MR) is 61.2 cm³/mol. The summed E-state index contributed by atoms with van der Waals surface area (Å²) in [6, 6.07) is 3.57. The normalized spacial score (nSPS) is 10.6. The molecule has 98 valence electrons. The summed E-state index contributed by atoms with van der Waals surface area (Å²) in [5.41, 5.74) is -0.949. The summed E-state index contributed by atoms with van der Waals surface area (Å²) in [6.45, 7) is 0. The van der Waals surface area contributed by atoms with Crippen molar-refractivity contribution in [3.8, 4) is 0 Å². The Morgan fingerprint density at radius 3 is 2.11 bits per heavy atom. The second kappa shape index (κ2) is 5.01. The highest BCUT2D eigenvalue weighted by Crippen LogP contribution is 2.20. The maximum Gasteiger partial charge on any atom is 0.196 e. The minimum Gasteiger partial charge on any atom is -0.288 e. The van der Waals surface area contributed by atoms with Gasteiger partial charge in [-0.2, -0.15) is 0 Å². The van der Waals surface area contributed by atoms with E-state index in [0.29, 0.717) is 6.07 Å². The molecule has 0 saturated carbocycles. The predicted octanol–water partition coefficient (Wildman–Crippen LogP) is 4.13. The van der Waals surface area contributed by atoms with Crippen molar-refractivity contribution in [2.24, 2.45) is 0 Å². The van der Waals surface area contributed by atoms with Crippen LogP contribution in [0, 0.1) is 23.3 Å². The van der Waals surface area contributed by atoms with E-state index >= 15 is 0 Å². The molecule has 0 amide bonds. The summed E-state index contributed by atoms with van der Waals surface area (Å²) >= 11 is 5.56. The molecule has 0 fully saturated rings. The number of halogens is 5. The zero-order chi connectivity index (χ0) is 14.2. The van der Waals surface area contributed by atoms with Crippen molar-refractivity contribution in [2.75, 3.05) is 0 Å². The Bertz CT molecular complexity index is 650. The topological polar surface area (TPSA) is 17.1 Å². The van der Waals surface area contributed by atoms with Crippen LogP contribution in [0.1, 0.15) is 15.9 Å². The standard InChI is InChI=1S/C13H5ClF4O/c14-7-1-6(2-8(15)3-7)13(19)9-4-11(17)12(18)5-10(9)16/h1-5H. The van der Waals surface area contributed by atoms with E-state index in [1.807, 2.05) is 0 Å². The molecular formula is C13H5ClF4O. The molecule has 0 aromatic heterocycles.